The fourth-order valence-corrected chi connectivity index (χ4v) is 5.32. The zero-order chi connectivity index (χ0) is 23.7. The number of aromatic nitrogens is 1. The number of rotatable bonds is 7. The van der Waals surface area contributed by atoms with Crippen molar-refractivity contribution in [2.75, 3.05) is 13.4 Å². The zero-order valence-corrected chi connectivity index (χ0v) is 20.2. The van der Waals surface area contributed by atoms with Crippen molar-refractivity contribution < 1.29 is 23.8 Å². The van der Waals surface area contributed by atoms with E-state index >= 15 is 0 Å². The number of thiophene rings is 2. The largest absolute Gasteiger partial charge is 0.454 e. The Morgan fingerprint density at radius 1 is 1.03 bits per heavy atom. The highest BCUT2D eigenvalue weighted by atomic mass is 32.1. The van der Waals surface area contributed by atoms with Crippen molar-refractivity contribution >= 4 is 46.1 Å². The summed E-state index contributed by atoms with van der Waals surface area (Å²) in [7, 11) is 0. The van der Waals surface area contributed by atoms with Gasteiger partial charge < -0.3 is 18.8 Å². The number of fused-ring (bicyclic) bond motifs is 1. The zero-order valence-electron chi connectivity index (χ0n) is 18.6. The van der Waals surface area contributed by atoms with Crippen molar-refractivity contribution in [2.45, 2.75) is 13.8 Å². The lowest BCUT2D eigenvalue weighted by atomic mass is 10.1. The molecule has 172 valence electrons. The van der Waals surface area contributed by atoms with Crippen LogP contribution in [0.2, 0.25) is 0 Å². The molecular weight excluding hydrogens is 470 g/mol. The molecule has 0 radical (unpaired) electrons. The molecule has 0 saturated carbocycles. The van der Waals surface area contributed by atoms with Gasteiger partial charge in [-0.15, -0.1) is 22.7 Å². The summed E-state index contributed by atoms with van der Waals surface area (Å²) in [6, 6.07) is 15.1. The van der Waals surface area contributed by atoms with Gasteiger partial charge in [0.1, 0.15) is 0 Å². The molecule has 4 aromatic rings. The molecule has 1 aliphatic heterocycles. The van der Waals surface area contributed by atoms with Gasteiger partial charge >= 0.3 is 5.97 Å². The van der Waals surface area contributed by atoms with Crippen LogP contribution in [0.5, 0.6) is 11.5 Å². The molecule has 5 rings (SSSR count). The average Bonchev–Trinajstić information content (AvgIpc) is 3.63. The smallest absolute Gasteiger partial charge is 0.340 e. The summed E-state index contributed by atoms with van der Waals surface area (Å²) in [4.78, 5) is 27.7. The number of carbonyl (C=O) groups is 2. The highest BCUT2D eigenvalue weighted by Gasteiger charge is 2.22. The van der Waals surface area contributed by atoms with E-state index in [1.54, 1.807) is 6.08 Å². The van der Waals surface area contributed by atoms with Gasteiger partial charge in [0.15, 0.2) is 18.1 Å². The van der Waals surface area contributed by atoms with Crippen LogP contribution in [0.4, 0.5) is 0 Å². The molecule has 3 aromatic heterocycles. The third-order valence-corrected chi connectivity index (χ3v) is 7.24. The summed E-state index contributed by atoms with van der Waals surface area (Å²) in [5.41, 5.74) is 3.49. The SMILES string of the molecule is Cc1cc(C(=O)COC(=O)C(=Cc2cccs2)c2cccs2)c(C)n1-c1ccc2c(c1)OCO2. The predicted molar refractivity (Wildman–Crippen MR) is 133 cm³/mol. The van der Waals surface area contributed by atoms with E-state index in [1.807, 2.05) is 77.7 Å². The summed E-state index contributed by atoms with van der Waals surface area (Å²) in [6.07, 6.45) is 1.80. The van der Waals surface area contributed by atoms with Crippen LogP contribution in [0.3, 0.4) is 0 Å². The van der Waals surface area contributed by atoms with E-state index in [2.05, 4.69) is 0 Å². The normalized spacial score (nSPS) is 12.7. The van der Waals surface area contributed by atoms with Gasteiger partial charge in [-0.25, -0.2) is 4.79 Å². The van der Waals surface area contributed by atoms with Gasteiger partial charge in [-0.1, -0.05) is 12.1 Å². The minimum atomic E-state index is -0.520. The van der Waals surface area contributed by atoms with Crippen LogP contribution in [0.25, 0.3) is 17.3 Å². The second-order valence-corrected chi connectivity index (χ2v) is 9.63. The Balaban J connectivity index is 1.35. The molecule has 0 bridgehead atoms. The Kier molecular flexibility index (Phi) is 6.08. The van der Waals surface area contributed by atoms with Crippen molar-refractivity contribution in [3.63, 3.8) is 0 Å². The van der Waals surface area contributed by atoms with Gasteiger partial charge in [0.2, 0.25) is 12.6 Å². The molecule has 6 nitrogen and oxygen atoms in total. The Bertz CT molecular complexity index is 1380. The maximum absolute atomic E-state index is 13.0. The number of ketones is 1. The Hall–Kier alpha value is -3.62. The van der Waals surface area contributed by atoms with Crippen LogP contribution in [-0.2, 0) is 9.53 Å². The molecule has 0 atom stereocenters. The molecule has 8 heteroatoms. The second kappa shape index (κ2) is 9.32. The van der Waals surface area contributed by atoms with Crippen LogP contribution < -0.4 is 9.47 Å². The molecule has 0 aliphatic carbocycles. The van der Waals surface area contributed by atoms with Crippen LogP contribution in [0.15, 0.2) is 59.3 Å². The summed E-state index contributed by atoms with van der Waals surface area (Å²) in [6.45, 7) is 3.67. The quantitative estimate of drug-likeness (QED) is 0.183. The van der Waals surface area contributed by atoms with Crippen LogP contribution >= 0.6 is 22.7 Å². The topological polar surface area (TPSA) is 66.8 Å². The number of Topliss-reactive ketones (excluding diaryl/α,β-unsaturated/α-hetero) is 1. The summed E-state index contributed by atoms with van der Waals surface area (Å²) < 4.78 is 18.3. The van der Waals surface area contributed by atoms with Gasteiger partial charge in [0.05, 0.1) is 5.57 Å². The van der Waals surface area contributed by atoms with E-state index in [0.29, 0.717) is 22.6 Å². The molecule has 34 heavy (non-hydrogen) atoms. The first-order valence-electron chi connectivity index (χ1n) is 10.6. The first-order chi connectivity index (χ1) is 16.5. The Labute approximate surface area is 204 Å². The number of hydrogen-bond acceptors (Lipinski definition) is 7. The van der Waals surface area contributed by atoms with E-state index < -0.39 is 5.97 Å². The summed E-state index contributed by atoms with van der Waals surface area (Å²) in [5, 5.41) is 3.85. The van der Waals surface area contributed by atoms with Gasteiger partial charge in [-0.2, -0.15) is 0 Å². The molecule has 4 heterocycles. The van der Waals surface area contributed by atoms with E-state index in [1.165, 1.54) is 22.7 Å². The van der Waals surface area contributed by atoms with Crippen LogP contribution in [0.1, 0.15) is 31.5 Å². The van der Waals surface area contributed by atoms with Crippen LogP contribution in [-0.4, -0.2) is 29.7 Å². The standard InChI is InChI=1S/C26H21NO5S2/c1-16-11-20(17(2)27(16)18-7-8-23-24(12-18)32-15-31-23)22(28)14-30-26(29)21(25-6-4-10-34-25)13-19-5-3-9-33-19/h3-13H,14-15H2,1-2H3. The summed E-state index contributed by atoms with van der Waals surface area (Å²) >= 11 is 2.99. The molecule has 0 amide bonds. The Morgan fingerprint density at radius 2 is 1.82 bits per heavy atom. The van der Waals surface area contributed by atoms with E-state index in [-0.39, 0.29) is 19.2 Å². The minimum absolute atomic E-state index is 0.200. The maximum atomic E-state index is 13.0. The first kappa shape index (κ1) is 22.2. The Morgan fingerprint density at radius 3 is 2.59 bits per heavy atom. The molecule has 0 spiro atoms. The number of carbonyl (C=O) groups excluding carboxylic acids is 2. The van der Waals surface area contributed by atoms with E-state index in [9.17, 15) is 9.59 Å². The number of aryl methyl sites for hydroxylation is 1. The lowest BCUT2D eigenvalue weighted by Gasteiger charge is -2.11. The van der Waals surface area contributed by atoms with E-state index in [4.69, 9.17) is 14.2 Å². The van der Waals surface area contributed by atoms with E-state index in [0.717, 1.165) is 26.8 Å². The highest BCUT2D eigenvalue weighted by molar-refractivity contribution is 7.12. The average molecular weight is 492 g/mol. The number of benzene rings is 1. The fraction of sp³-hybridized carbons (Fsp3) is 0.154. The van der Waals surface area contributed by atoms with Crippen molar-refractivity contribution in [3.05, 3.63) is 86.0 Å². The number of hydrogen-bond donors (Lipinski definition) is 0. The van der Waals surface area contributed by atoms with Gasteiger partial charge in [0, 0.05) is 38.5 Å². The number of esters is 1. The molecule has 0 N–H and O–H groups in total. The molecule has 1 aromatic carbocycles. The number of ether oxygens (including phenoxy) is 3. The third kappa shape index (κ3) is 4.30. The maximum Gasteiger partial charge on any atom is 0.340 e. The van der Waals surface area contributed by atoms with Gasteiger partial charge in [-0.3, -0.25) is 4.79 Å². The van der Waals surface area contributed by atoms with Crippen molar-refractivity contribution in [3.8, 4) is 17.2 Å². The molecule has 0 saturated heterocycles. The van der Waals surface area contributed by atoms with Crippen molar-refractivity contribution in [1.82, 2.24) is 4.57 Å². The van der Waals surface area contributed by atoms with Crippen molar-refractivity contribution in [2.24, 2.45) is 0 Å². The number of nitrogens with zero attached hydrogens (tertiary/aromatic N) is 1. The molecule has 1 aliphatic rings. The minimum Gasteiger partial charge on any atom is -0.454 e. The first-order valence-corrected chi connectivity index (χ1v) is 12.4. The van der Waals surface area contributed by atoms with Gasteiger partial charge in [-0.05, 0) is 61.0 Å². The van der Waals surface area contributed by atoms with Crippen LogP contribution in [0, 0.1) is 13.8 Å². The third-order valence-electron chi connectivity index (χ3n) is 5.52. The fourth-order valence-electron chi connectivity index (χ4n) is 3.93. The molecular formula is C26H21NO5S2. The second-order valence-electron chi connectivity index (χ2n) is 7.71. The monoisotopic (exact) mass is 491 g/mol. The highest BCUT2D eigenvalue weighted by Crippen LogP contribution is 2.35. The predicted octanol–water partition coefficient (Wildman–Crippen LogP) is 5.91. The van der Waals surface area contributed by atoms with Crippen molar-refractivity contribution in [1.29, 1.82) is 0 Å². The summed E-state index contributed by atoms with van der Waals surface area (Å²) in [5.74, 6) is 0.598. The lowest BCUT2D eigenvalue weighted by molar-refractivity contribution is -0.135. The van der Waals surface area contributed by atoms with Gasteiger partial charge in [0.25, 0.3) is 0 Å². The molecule has 0 fully saturated rings. The molecule has 0 unspecified atom stereocenters. The lowest BCUT2D eigenvalue weighted by Crippen LogP contribution is -2.15.